The fourth-order valence-electron chi connectivity index (χ4n) is 2.40. The van der Waals surface area contributed by atoms with Gasteiger partial charge in [0.15, 0.2) is 15.7 Å². The van der Waals surface area contributed by atoms with Crippen LogP contribution in [0.4, 0.5) is 0 Å². The Labute approximate surface area is 160 Å². The Morgan fingerprint density at radius 1 is 1.19 bits per heavy atom. The minimum Gasteiger partial charge on any atom is -0.236 e. The Bertz CT molecular complexity index is 1100. The van der Waals surface area contributed by atoms with Gasteiger partial charge in [0.05, 0.1) is 10.6 Å². The molecule has 0 N–H and O–H groups in total. The van der Waals surface area contributed by atoms with Crippen molar-refractivity contribution in [3.05, 3.63) is 53.2 Å². The number of rotatable bonds is 4. The summed E-state index contributed by atoms with van der Waals surface area (Å²) in [7, 11) is -3.34. The Balaban J connectivity index is 2.23. The van der Waals surface area contributed by atoms with Crippen LogP contribution in [-0.4, -0.2) is 35.7 Å². The summed E-state index contributed by atoms with van der Waals surface area (Å²) in [5, 5.41) is 15.2. The summed E-state index contributed by atoms with van der Waals surface area (Å²) in [5.74, 6) is 0.416. The smallest absolute Gasteiger partial charge is 0.177 e. The van der Waals surface area contributed by atoms with Crippen molar-refractivity contribution in [1.82, 2.24) is 14.8 Å². The van der Waals surface area contributed by atoms with Crippen molar-refractivity contribution in [3.63, 3.8) is 0 Å². The maximum atomic E-state index is 11.6. The third kappa shape index (κ3) is 3.46. The fourth-order valence-corrected chi connectivity index (χ4v) is 3.59. The van der Waals surface area contributed by atoms with Crippen molar-refractivity contribution in [3.8, 4) is 23.1 Å². The lowest BCUT2D eigenvalue weighted by Gasteiger charge is -2.08. The molecule has 0 saturated heterocycles. The molecule has 0 bridgehead atoms. The van der Waals surface area contributed by atoms with Gasteiger partial charge in [-0.15, -0.1) is 11.8 Å². The molecule has 2 heterocycles. The summed E-state index contributed by atoms with van der Waals surface area (Å²) in [4.78, 5) is 4.34. The molecule has 0 fully saturated rings. The maximum Gasteiger partial charge on any atom is 0.177 e. The molecule has 26 heavy (non-hydrogen) atoms. The number of nitrogens with zero attached hydrogens (tertiary/aromatic N) is 4. The van der Waals surface area contributed by atoms with Crippen LogP contribution in [0.1, 0.15) is 5.56 Å². The molecule has 0 saturated carbocycles. The zero-order valence-corrected chi connectivity index (χ0v) is 16.2. The zero-order valence-electron chi connectivity index (χ0n) is 13.8. The van der Waals surface area contributed by atoms with E-state index in [2.05, 4.69) is 16.2 Å². The average Bonchev–Trinajstić information content (AvgIpc) is 3.00. The molecule has 0 radical (unpaired) electrons. The number of pyridine rings is 1. The van der Waals surface area contributed by atoms with Crippen LogP contribution in [-0.2, 0) is 9.84 Å². The number of hydrogen-bond donors (Lipinski definition) is 0. The van der Waals surface area contributed by atoms with Crippen molar-refractivity contribution in [1.29, 1.82) is 5.26 Å². The highest BCUT2D eigenvalue weighted by molar-refractivity contribution is 7.98. The second-order valence-electron chi connectivity index (χ2n) is 5.39. The Kier molecular flexibility index (Phi) is 5.05. The van der Waals surface area contributed by atoms with Gasteiger partial charge >= 0.3 is 0 Å². The largest absolute Gasteiger partial charge is 0.236 e. The van der Waals surface area contributed by atoms with E-state index in [1.807, 2.05) is 6.26 Å². The highest BCUT2D eigenvalue weighted by Crippen LogP contribution is 2.32. The van der Waals surface area contributed by atoms with Gasteiger partial charge in [0.2, 0.25) is 0 Å². The molecule has 6 nitrogen and oxygen atoms in total. The van der Waals surface area contributed by atoms with Crippen LogP contribution in [0.15, 0.2) is 52.5 Å². The maximum absolute atomic E-state index is 11.6. The Morgan fingerprint density at radius 2 is 1.88 bits per heavy atom. The first kappa shape index (κ1) is 18.5. The second-order valence-corrected chi connectivity index (χ2v) is 8.63. The number of aromatic nitrogens is 3. The van der Waals surface area contributed by atoms with Gasteiger partial charge in [0.1, 0.15) is 16.7 Å². The van der Waals surface area contributed by atoms with E-state index in [0.717, 1.165) is 11.8 Å². The SMILES string of the molecule is CSc1nn(-c2ccc(S(C)(=O)=O)cn2)c(-c2ccc(Cl)cc2)c1C#N. The number of halogens is 1. The van der Waals surface area contributed by atoms with E-state index >= 15 is 0 Å². The van der Waals surface area contributed by atoms with Crippen molar-refractivity contribution in [2.24, 2.45) is 0 Å². The molecule has 0 spiro atoms. The predicted molar refractivity (Wildman–Crippen MR) is 101 cm³/mol. The summed E-state index contributed by atoms with van der Waals surface area (Å²) in [5.41, 5.74) is 1.76. The van der Waals surface area contributed by atoms with Gasteiger partial charge in [0.25, 0.3) is 0 Å². The van der Waals surface area contributed by atoms with Crippen molar-refractivity contribution >= 4 is 33.2 Å². The average molecular weight is 405 g/mol. The van der Waals surface area contributed by atoms with E-state index in [4.69, 9.17) is 11.6 Å². The van der Waals surface area contributed by atoms with E-state index in [1.54, 1.807) is 35.0 Å². The van der Waals surface area contributed by atoms with E-state index in [0.29, 0.717) is 27.1 Å². The number of benzene rings is 1. The van der Waals surface area contributed by atoms with Gasteiger partial charge in [-0.25, -0.2) is 18.1 Å². The Morgan fingerprint density at radius 3 is 2.38 bits per heavy atom. The molecule has 3 aromatic rings. The van der Waals surface area contributed by atoms with E-state index in [-0.39, 0.29) is 4.90 Å². The molecule has 0 aliphatic carbocycles. The molecule has 0 unspecified atom stereocenters. The normalized spacial score (nSPS) is 11.3. The second kappa shape index (κ2) is 7.11. The van der Waals surface area contributed by atoms with E-state index < -0.39 is 9.84 Å². The first-order valence-corrected chi connectivity index (χ1v) is 10.8. The quantitative estimate of drug-likeness (QED) is 0.617. The molecule has 0 amide bonds. The molecule has 0 atom stereocenters. The summed E-state index contributed by atoms with van der Waals surface area (Å²) >= 11 is 7.31. The van der Waals surface area contributed by atoms with Gasteiger partial charge in [-0.1, -0.05) is 23.7 Å². The molecule has 0 aliphatic heterocycles. The van der Waals surface area contributed by atoms with E-state index in [9.17, 15) is 13.7 Å². The first-order valence-electron chi connectivity index (χ1n) is 7.34. The lowest BCUT2D eigenvalue weighted by molar-refractivity contribution is 0.601. The van der Waals surface area contributed by atoms with Crippen LogP contribution in [0.5, 0.6) is 0 Å². The topological polar surface area (TPSA) is 88.6 Å². The summed E-state index contributed by atoms with van der Waals surface area (Å²) < 4.78 is 24.8. The van der Waals surface area contributed by atoms with Crippen LogP contribution in [0, 0.1) is 11.3 Å². The molecule has 132 valence electrons. The third-order valence-corrected chi connectivity index (χ3v) is 5.66. The lowest BCUT2D eigenvalue weighted by atomic mass is 10.1. The highest BCUT2D eigenvalue weighted by atomic mass is 35.5. The first-order chi connectivity index (χ1) is 12.3. The molecule has 3 rings (SSSR count). The Hall–Kier alpha value is -2.34. The third-order valence-electron chi connectivity index (χ3n) is 3.64. The molecule has 9 heteroatoms. The molecular formula is C17H13ClN4O2S2. The molecule has 1 aromatic carbocycles. The van der Waals surface area contributed by atoms with Crippen LogP contribution in [0.2, 0.25) is 5.02 Å². The minimum absolute atomic E-state index is 0.118. The number of sulfone groups is 1. The number of hydrogen-bond acceptors (Lipinski definition) is 6. The van der Waals surface area contributed by atoms with Gasteiger partial charge in [-0.05, 0) is 30.5 Å². The zero-order chi connectivity index (χ0) is 18.9. The van der Waals surface area contributed by atoms with Crippen LogP contribution >= 0.6 is 23.4 Å². The van der Waals surface area contributed by atoms with Crippen molar-refractivity contribution < 1.29 is 8.42 Å². The van der Waals surface area contributed by atoms with Crippen molar-refractivity contribution in [2.45, 2.75) is 9.92 Å². The predicted octanol–water partition coefficient (Wildman–Crippen LogP) is 3.58. The number of nitriles is 1. The summed E-state index contributed by atoms with van der Waals surface area (Å²) in [6, 6.07) is 12.3. The van der Waals surface area contributed by atoms with Crippen LogP contribution in [0.25, 0.3) is 17.1 Å². The van der Waals surface area contributed by atoms with Crippen LogP contribution in [0.3, 0.4) is 0 Å². The van der Waals surface area contributed by atoms with Crippen LogP contribution < -0.4 is 0 Å². The van der Waals surface area contributed by atoms with Gasteiger partial charge in [-0.2, -0.15) is 10.4 Å². The minimum atomic E-state index is -3.34. The lowest BCUT2D eigenvalue weighted by Crippen LogP contribution is -2.04. The van der Waals surface area contributed by atoms with Gasteiger partial charge < -0.3 is 0 Å². The monoisotopic (exact) mass is 404 g/mol. The molecule has 2 aromatic heterocycles. The standard InChI is InChI=1S/C17H13ClN4O2S2/c1-25-17-14(9-19)16(11-3-5-12(18)6-4-11)22(21-17)15-8-7-13(10-20-15)26(2,23)24/h3-8,10H,1-2H3. The van der Waals surface area contributed by atoms with Gasteiger partial charge in [-0.3, -0.25) is 0 Å². The van der Waals surface area contributed by atoms with E-state index in [1.165, 1.54) is 24.0 Å². The number of thioether (sulfide) groups is 1. The highest BCUT2D eigenvalue weighted by Gasteiger charge is 2.21. The molecular weight excluding hydrogens is 392 g/mol. The summed E-state index contributed by atoms with van der Waals surface area (Å²) in [6.45, 7) is 0. The fraction of sp³-hybridized carbons (Fsp3) is 0.118. The summed E-state index contributed by atoms with van der Waals surface area (Å²) in [6.07, 6.45) is 4.23. The van der Waals surface area contributed by atoms with Crippen molar-refractivity contribution in [2.75, 3.05) is 12.5 Å². The molecule has 0 aliphatic rings. The van der Waals surface area contributed by atoms with Gasteiger partial charge in [0, 0.05) is 23.0 Å².